The average Bonchev–Trinajstić information content (AvgIpc) is 3.54. The lowest BCUT2D eigenvalue weighted by Gasteiger charge is -2.24. The Hall–Kier alpha value is -4.75. The number of amides is 4. The highest BCUT2D eigenvalue weighted by atomic mass is 19.4. The molecule has 0 spiro atoms. The molecule has 1 aromatic heterocycles. The summed E-state index contributed by atoms with van der Waals surface area (Å²) in [6.07, 6.45) is -1.22. The van der Waals surface area contributed by atoms with Crippen LogP contribution in [-0.4, -0.2) is 60.7 Å². The fourth-order valence-corrected chi connectivity index (χ4v) is 4.57. The van der Waals surface area contributed by atoms with Crippen LogP contribution in [-0.2, 0) is 31.8 Å². The van der Waals surface area contributed by atoms with Gasteiger partial charge in [-0.2, -0.15) is 13.2 Å². The van der Waals surface area contributed by atoms with Gasteiger partial charge >= 0.3 is 6.18 Å². The summed E-state index contributed by atoms with van der Waals surface area (Å²) >= 11 is 0. The molecular weight excluding hydrogens is 595 g/mol. The first kappa shape index (κ1) is 36.4. The number of hydrogen-bond acceptors (Lipinski definition) is 7. The second kappa shape index (κ2) is 18.1. The van der Waals surface area contributed by atoms with Crippen molar-refractivity contribution in [2.24, 2.45) is 5.92 Å². The van der Waals surface area contributed by atoms with Gasteiger partial charge in [-0.05, 0) is 48.9 Å². The molecule has 4 amide bonds. The van der Waals surface area contributed by atoms with Crippen LogP contribution in [0.25, 0.3) is 10.8 Å². The Balaban J connectivity index is 0.000000313. The Morgan fingerprint density at radius 1 is 1.11 bits per heavy atom. The van der Waals surface area contributed by atoms with E-state index in [1.54, 1.807) is 6.92 Å². The van der Waals surface area contributed by atoms with E-state index in [-0.39, 0.29) is 24.4 Å². The predicted molar refractivity (Wildman–Crippen MR) is 160 cm³/mol. The Morgan fingerprint density at radius 2 is 1.82 bits per heavy atom. The van der Waals surface area contributed by atoms with E-state index in [1.165, 1.54) is 0 Å². The summed E-state index contributed by atoms with van der Waals surface area (Å²) in [5, 5.41) is 15.4. The summed E-state index contributed by atoms with van der Waals surface area (Å²) in [6.45, 7) is 6.27. The van der Waals surface area contributed by atoms with Crippen LogP contribution in [0.2, 0.25) is 0 Å². The van der Waals surface area contributed by atoms with E-state index in [9.17, 15) is 37.1 Å². The van der Waals surface area contributed by atoms with Gasteiger partial charge in [-0.25, -0.2) is 0 Å². The predicted octanol–water partition coefficient (Wildman–Crippen LogP) is 3.57. The molecule has 3 atom stereocenters. The van der Waals surface area contributed by atoms with Gasteiger partial charge in [0.2, 0.25) is 24.0 Å². The number of aromatic nitrogens is 1. The van der Waals surface area contributed by atoms with Gasteiger partial charge in [-0.3, -0.25) is 19.2 Å². The number of fused-ring (bicyclic) bond motifs is 1. The first-order chi connectivity index (χ1) is 21.5. The van der Waals surface area contributed by atoms with E-state index >= 15 is 0 Å². The van der Waals surface area contributed by atoms with Crippen molar-refractivity contribution in [1.29, 1.82) is 0 Å². The molecule has 1 saturated heterocycles. The van der Waals surface area contributed by atoms with Gasteiger partial charge in [0, 0.05) is 24.6 Å². The topological polar surface area (TPSA) is 160 Å². The molecule has 11 nitrogen and oxygen atoms in total. The highest BCUT2D eigenvalue weighted by Crippen LogP contribution is 2.29. The fraction of sp³-hybridized carbons (Fsp3) is 0.419. The lowest BCUT2D eigenvalue weighted by molar-refractivity contribution is -0.155. The zero-order valence-corrected chi connectivity index (χ0v) is 25.3. The van der Waals surface area contributed by atoms with E-state index in [0.717, 1.165) is 29.2 Å². The minimum atomic E-state index is -4.67. The molecule has 0 saturated carbocycles. The van der Waals surface area contributed by atoms with Gasteiger partial charge in [0.05, 0.1) is 12.6 Å². The van der Waals surface area contributed by atoms with Crippen LogP contribution in [0.3, 0.4) is 0 Å². The smallest absolute Gasteiger partial charge is 0.356 e. The number of nitrogens with zero attached hydrogens (tertiary/aromatic N) is 1. The van der Waals surface area contributed by atoms with Gasteiger partial charge in [-0.1, -0.05) is 61.5 Å². The number of hydrogen-bond donors (Lipinski definition) is 4. The van der Waals surface area contributed by atoms with Crippen LogP contribution in [0, 0.1) is 5.92 Å². The number of carbonyl (C=O) groups is 5. The van der Waals surface area contributed by atoms with Crippen molar-refractivity contribution < 1.29 is 41.7 Å². The van der Waals surface area contributed by atoms with Crippen molar-refractivity contribution in [3.63, 3.8) is 0 Å². The second-order valence-corrected chi connectivity index (χ2v) is 9.97. The van der Waals surface area contributed by atoms with Crippen molar-refractivity contribution in [1.82, 2.24) is 26.4 Å². The first-order valence-electron chi connectivity index (χ1n) is 14.5. The first-order valence-corrected chi connectivity index (χ1v) is 14.5. The molecule has 2 heterocycles. The third-order valence-electron chi connectivity index (χ3n) is 6.60. The second-order valence-electron chi connectivity index (χ2n) is 9.97. The van der Waals surface area contributed by atoms with Gasteiger partial charge in [0.25, 0.3) is 5.91 Å². The van der Waals surface area contributed by atoms with Crippen LogP contribution < -0.4 is 21.3 Å². The zero-order valence-electron chi connectivity index (χ0n) is 25.3. The van der Waals surface area contributed by atoms with Gasteiger partial charge < -0.3 is 30.6 Å². The number of halogens is 3. The molecule has 1 fully saturated rings. The molecule has 0 radical (unpaired) electrons. The Morgan fingerprint density at radius 3 is 2.47 bits per heavy atom. The van der Waals surface area contributed by atoms with E-state index in [2.05, 4.69) is 30.9 Å². The summed E-state index contributed by atoms with van der Waals surface area (Å²) in [6, 6.07) is 13.4. The highest BCUT2D eigenvalue weighted by Gasteiger charge is 2.37. The van der Waals surface area contributed by atoms with Crippen LogP contribution >= 0.6 is 0 Å². The summed E-state index contributed by atoms with van der Waals surface area (Å²) < 4.78 is 41.7. The molecule has 0 aliphatic carbocycles. The summed E-state index contributed by atoms with van der Waals surface area (Å²) in [4.78, 5) is 55.7. The minimum Gasteiger partial charge on any atom is -0.356 e. The van der Waals surface area contributed by atoms with Crippen LogP contribution in [0.5, 0.6) is 0 Å². The molecule has 4 rings (SSSR count). The molecule has 45 heavy (non-hydrogen) atoms. The van der Waals surface area contributed by atoms with Gasteiger partial charge in [0.15, 0.2) is 5.69 Å². The minimum absolute atomic E-state index is 0.0756. The van der Waals surface area contributed by atoms with Crippen LogP contribution in [0.4, 0.5) is 13.2 Å². The van der Waals surface area contributed by atoms with Crippen molar-refractivity contribution >= 4 is 41.2 Å². The highest BCUT2D eigenvalue weighted by molar-refractivity contribution is 5.92. The number of aldehydes is 1. The van der Waals surface area contributed by atoms with Crippen LogP contribution in [0.1, 0.15) is 61.8 Å². The maximum Gasteiger partial charge on any atom is 0.452 e. The Labute approximate surface area is 258 Å². The molecule has 3 aromatic rings. The van der Waals surface area contributed by atoms with Crippen molar-refractivity contribution in [2.45, 2.75) is 64.7 Å². The van der Waals surface area contributed by atoms with Crippen molar-refractivity contribution in [3.8, 4) is 0 Å². The quantitative estimate of drug-likeness (QED) is 0.235. The zero-order chi connectivity index (χ0) is 33.4. The summed E-state index contributed by atoms with van der Waals surface area (Å²) in [5.74, 6) is -2.76. The van der Waals surface area contributed by atoms with E-state index in [1.807, 2.05) is 56.3 Å². The van der Waals surface area contributed by atoms with Crippen molar-refractivity contribution in [2.75, 3.05) is 13.1 Å². The molecule has 2 unspecified atom stereocenters. The molecule has 2 aromatic carbocycles. The number of nitrogens with one attached hydrogen (secondary N) is 4. The summed E-state index contributed by atoms with van der Waals surface area (Å²) in [7, 11) is 0. The van der Waals surface area contributed by atoms with Gasteiger partial charge in [0.1, 0.15) is 6.29 Å². The Kier molecular flexibility index (Phi) is 14.7. The molecule has 1 aliphatic rings. The molecular formula is C31H38F3N5O6. The van der Waals surface area contributed by atoms with E-state index in [4.69, 9.17) is 0 Å². The molecule has 244 valence electrons. The Bertz CT molecular complexity index is 1420. The standard InChI is InChI=1S/C18H15F3N2O2.C11H17N3O4.C2H6/c1-11(9-13-7-4-6-12-5-2-3-8-14(12)13)22-17(24)15-10-16(25-23-15)18(19,20)21;15-6-9(14-10(17)5-12-7-16)4-8-2-1-3-13-11(8)18;1-2/h2-8,10-11H,9H2,1H3,(H,22,24);6-9H,1-5H2,(H,12,16)(H,13,18)(H,14,17);1-2H3/t;8-,9?;/m.0./s1. The maximum atomic E-state index is 12.5. The molecule has 1 aliphatic heterocycles. The summed E-state index contributed by atoms with van der Waals surface area (Å²) in [5.41, 5.74) is 0.652. The van der Waals surface area contributed by atoms with Crippen LogP contribution in [0.15, 0.2) is 53.1 Å². The van der Waals surface area contributed by atoms with Crippen molar-refractivity contribution in [3.05, 3.63) is 65.5 Å². The third-order valence-corrected chi connectivity index (χ3v) is 6.60. The van der Waals surface area contributed by atoms with E-state index in [0.29, 0.717) is 38.1 Å². The van der Waals surface area contributed by atoms with Gasteiger partial charge in [-0.15, -0.1) is 0 Å². The number of alkyl halides is 3. The average molecular weight is 634 g/mol. The molecule has 4 N–H and O–H groups in total. The number of benzene rings is 2. The normalized spacial score (nSPS) is 15.5. The third kappa shape index (κ3) is 11.7. The molecule has 14 heteroatoms. The largest absolute Gasteiger partial charge is 0.452 e. The number of piperidine rings is 1. The van der Waals surface area contributed by atoms with E-state index < -0.39 is 35.5 Å². The number of carbonyl (C=O) groups excluding carboxylic acids is 5. The SMILES string of the molecule is CC.CC(Cc1cccc2ccccc12)NC(=O)c1cc(C(F)(F)F)on1.O=CNCC(=O)NC(C=O)C[C@@H]1CCCNC1=O. The molecule has 0 bridgehead atoms. The lowest BCUT2D eigenvalue weighted by atomic mass is 9.92. The maximum absolute atomic E-state index is 12.5. The monoisotopic (exact) mass is 633 g/mol. The number of rotatable bonds is 11. The fourth-order valence-electron chi connectivity index (χ4n) is 4.57. The lowest BCUT2D eigenvalue weighted by Crippen LogP contribution is -2.45.